The molecule has 0 aliphatic heterocycles. The Morgan fingerprint density at radius 1 is 0.971 bits per heavy atom. The number of carbonyl (C=O) groups is 2. The lowest BCUT2D eigenvalue weighted by molar-refractivity contribution is -0.141. The summed E-state index contributed by atoms with van der Waals surface area (Å²) in [6, 6.07) is 22.4. The number of nitrogens with zero attached hydrogens (tertiary/aromatic N) is 1. The topological polar surface area (TPSA) is 49.4 Å². The molecule has 4 heteroatoms. The Balaban J connectivity index is 1.50. The summed E-state index contributed by atoms with van der Waals surface area (Å²) in [7, 11) is 0. The first-order valence-corrected chi connectivity index (χ1v) is 12.6. The third-order valence-corrected chi connectivity index (χ3v) is 7.04. The Hall–Kier alpha value is -3.14. The molecule has 1 fully saturated rings. The number of amides is 2. The fourth-order valence-corrected chi connectivity index (χ4v) is 5.05. The third-order valence-electron chi connectivity index (χ3n) is 7.04. The second kappa shape index (κ2) is 11.3. The van der Waals surface area contributed by atoms with E-state index in [1.54, 1.807) is 4.90 Å². The number of fused-ring (bicyclic) bond motifs is 1. The van der Waals surface area contributed by atoms with Gasteiger partial charge >= 0.3 is 0 Å². The molecule has 1 saturated carbocycles. The molecule has 178 valence electrons. The summed E-state index contributed by atoms with van der Waals surface area (Å²) < 4.78 is 0. The first-order valence-electron chi connectivity index (χ1n) is 12.6. The predicted molar refractivity (Wildman–Crippen MR) is 138 cm³/mol. The Morgan fingerprint density at radius 3 is 2.50 bits per heavy atom. The Bertz CT molecular complexity index is 1130. The van der Waals surface area contributed by atoms with Crippen LogP contribution in [0.5, 0.6) is 0 Å². The number of carbonyl (C=O) groups excluding carboxylic acids is 2. The van der Waals surface area contributed by atoms with Crippen molar-refractivity contribution in [2.75, 3.05) is 0 Å². The number of hydrogen-bond donors (Lipinski definition) is 1. The van der Waals surface area contributed by atoms with Crippen LogP contribution in [0.25, 0.3) is 10.8 Å². The molecular weight excluding hydrogens is 420 g/mol. The van der Waals surface area contributed by atoms with Crippen molar-refractivity contribution in [2.24, 2.45) is 0 Å². The lowest BCUT2D eigenvalue weighted by Crippen LogP contribution is -2.50. The highest BCUT2D eigenvalue weighted by Gasteiger charge is 2.28. The lowest BCUT2D eigenvalue weighted by atomic mass is 9.95. The van der Waals surface area contributed by atoms with Gasteiger partial charge in [0.25, 0.3) is 0 Å². The molecule has 1 aliphatic carbocycles. The van der Waals surface area contributed by atoms with E-state index in [9.17, 15) is 9.59 Å². The van der Waals surface area contributed by atoms with Gasteiger partial charge in [0.2, 0.25) is 11.8 Å². The van der Waals surface area contributed by atoms with Crippen LogP contribution in [0.4, 0.5) is 0 Å². The zero-order valence-corrected chi connectivity index (χ0v) is 20.4. The summed E-state index contributed by atoms with van der Waals surface area (Å²) >= 11 is 0. The molecule has 0 aromatic heterocycles. The number of nitrogens with one attached hydrogen (secondary N) is 1. The van der Waals surface area contributed by atoms with E-state index < -0.39 is 6.04 Å². The quantitative estimate of drug-likeness (QED) is 0.455. The van der Waals surface area contributed by atoms with Gasteiger partial charge < -0.3 is 10.2 Å². The number of benzene rings is 3. The maximum atomic E-state index is 13.5. The van der Waals surface area contributed by atoms with Gasteiger partial charge in [0.1, 0.15) is 6.04 Å². The zero-order chi connectivity index (χ0) is 23.9. The van der Waals surface area contributed by atoms with Crippen LogP contribution in [-0.4, -0.2) is 28.8 Å². The van der Waals surface area contributed by atoms with Crippen LogP contribution < -0.4 is 5.32 Å². The van der Waals surface area contributed by atoms with E-state index in [4.69, 9.17) is 0 Å². The number of aryl methyl sites for hydroxylation is 2. The van der Waals surface area contributed by atoms with Gasteiger partial charge in [-0.05, 0) is 55.0 Å². The van der Waals surface area contributed by atoms with Gasteiger partial charge in [-0.2, -0.15) is 0 Å². The summed E-state index contributed by atoms with van der Waals surface area (Å²) in [5, 5.41) is 5.59. The average Bonchev–Trinajstić information content (AvgIpc) is 2.86. The molecule has 2 amide bonds. The van der Waals surface area contributed by atoms with Gasteiger partial charge in [-0.1, -0.05) is 91.6 Å². The minimum absolute atomic E-state index is 0.0146. The zero-order valence-electron chi connectivity index (χ0n) is 20.4. The van der Waals surface area contributed by atoms with Crippen molar-refractivity contribution < 1.29 is 9.59 Å². The maximum Gasteiger partial charge on any atom is 0.242 e. The van der Waals surface area contributed by atoms with Gasteiger partial charge in [0.15, 0.2) is 0 Å². The molecule has 3 aromatic carbocycles. The standard InChI is InChI=1S/C30H36N2O2/c1-22-10-8-11-24(20-22)21-32(23(2)30(34)31-27-15-4-3-5-16-27)29(33)19-18-26-14-9-13-25-12-6-7-17-28(25)26/h6-14,17,20,23,27H,3-5,15-16,18-19,21H2,1-2H3,(H,31,34)/t23-/m1/s1. The highest BCUT2D eigenvalue weighted by Crippen LogP contribution is 2.22. The highest BCUT2D eigenvalue weighted by atomic mass is 16.2. The molecule has 0 unspecified atom stereocenters. The monoisotopic (exact) mass is 456 g/mol. The van der Waals surface area contributed by atoms with Gasteiger partial charge in [-0.3, -0.25) is 9.59 Å². The molecule has 0 saturated heterocycles. The average molecular weight is 457 g/mol. The number of rotatable bonds is 8. The van der Waals surface area contributed by atoms with Crippen molar-refractivity contribution >= 4 is 22.6 Å². The van der Waals surface area contributed by atoms with Crippen LogP contribution in [0.15, 0.2) is 66.7 Å². The normalized spacial score (nSPS) is 15.1. The second-order valence-electron chi connectivity index (χ2n) is 9.67. The Labute approximate surface area is 203 Å². The smallest absolute Gasteiger partial charge is 0.242 e. The molecule has 0 heterocycles. The van der Waals surface area contributed by atoms with Gasteiger partial charge in [0, 0.05) is 19.0 Å². The predicted octanol–water partition coefficient (Wildman–Crippen LogP) is 5.95. The number of hydrogen-bond acceptors (Lipinski definition) is 2. The van der Waals surface area contributed by atoms with Gasteiger partial charge in [-0.15, -0.1) is 0 Å². The minimum atomic E-state index is -0.512. The lowest BCUT2D eigenvalue weighted by Gasteiger charge is -2.31. The van der Waals surface area contributed by atoms with E-state index in [1.165, 1.54) is 22.8 Å². The van der Waals surface area contributed by atoms with Crippen molar-refractivity contribution in [3.8, 4) is 0 Å². The molecule has 4 nitrogen and oxygen atoms in total. The van der Waals surface area contributed by atoms with E-state index >= 15 is 0 Å². The van der Waals surface area contributed by atoms with Crippen LogP contribution in [-0.2, 0) is 22.6 Å². The molecule has 1 N–H and O–H groups in total. The summed E-state index contributed by atoms with van der Waals surface area (Å²) in [6.07, 6.45) is 6.67. The molecule has 0 radical (unpaired) electrons. The maximum absolute atomic E-state index is 13.5. The molecule has 0 bridgehead atoms. The molecule has 0 spiro atoms. The van der Waals surface area contributed by atoms with E-state index in [-0.39, 0.29) is 17.9 Å². The van der Waals surface area contributed by atoms with Gasteiger partial charge in [-0.25, -0.2) is 0 Å². The van der Waals surface area contributed by atoms with Crippen LogP contribution >= 0.6 is 0 Å². The molecule has 4 rings (SSSR count). The van der Waals surface area contributed by atoms with Crippen LogP contribution in [0.2, 0.25) is 0 Å². The van der Waals surface area contributed by atoms with Crippen LogP contribution in [0, 0.1) is 6.92 Å². The van der Waals surface area contributed by atoms with Gasteiger partial charge in [0.05, 0.1) is 0 Å². The summed E-state index contributed by atoms with van der Waals surface area (Å²) in [6.45, 7) is 4.36. The Morgan fingerprint density at radius 2 is 1.71 bits per heavy atom. The Kier molecular flexibility index (Phi) is 7.99. The van der Waals surface area contributed by atoms with Crippen LogP contribution in [0.1, 0.15) is 62.1 Å². The van der Waals surface area contributed by atoms with E-state index in [1.807, 2.05) is 37.3 Å². The molecule has 34 heavy (non-hydrogen) atoms. The summed E-state index contributed by atoms with van der Waals surface area (Å²) in [4.78, 5) is 28.4. The van der Waals surface area contributed by atoms with E-state index in [0.29, 0.717) is 19.4 Å². The first-order chi connectivity index (χ1) is 16.5. The highest BCUT2D eigenvalue weighted by molar-refractivity contribution is 5.89. The van der Waals surface area contributed by atoms with Crippen molar-refractivity contribution in [2.45, 2.75) is 77.4 Å². The van der Waals surface area contributed by atoms with Crippen molar-refractivity contribution in [1.82, 2.24) is 10.2 Å². The largest absolute Gasteiger partial charge is 0.352 e. The molecule has 1 aliphatic rings. The molecule has 3 aromatic rings. The van der Waals surface area contributed by atoms with E-state index in [2.05, 4.69) is 48.6 Å². The summed E-state index contributed by atoms with van der Waals surface area (Å²) in [5.74, 6) is -0.0289. The van der Waals surface area contributed by atoms with Crippen molar-refractivity contribution in [3.05, 3.63) is 83.4 Å². The SMILES string of the molecule is Cc1cccc(CN(C(=O)CCc2cccc3ccccc23)[C@H](C)C(=O)NC2CCCCC2)c1. The third kappa shape index (κ3) is 6.05. The van der Waals surface area contributed by atoms with Crippen LogP contribution in [0.3, 0.4) is 0 Å². The summed E-state index contributed by atoms with van der Waals surface area (Å²) in [5.41, 5.74) is 3.37. The fraction of sp³-hybridized carbons (Fsp3) is 0.400. The van der Waals surface area contributed by atoms with Crippen molar-refractivity contribution in [3.63, 3.8) is 0 Å². The fourth-order valence-electron chi connectivity index (χ4n) is 5.05. The first kappa shape index (κ1) is 24.0. The second-order valence-corrected chi connectivity index (χ2v) is 9.67. The molecule has 1 atom stereocenters. The van der Waals surface area contributed by atoms with E-state index in [0.717, 1.165) is 36.8 Å². The minimum Gasteiger partial charge on any atom is -0.352 e. The van der Waals surface area contributed by atoms with Crippen molar-refractivity contribution in [1.29, 1.82) is 0 Å². The molecular formula is C30H36N2O2.